The van der Waals surface area contributed by atoms with Gasteiger partial charge in [-0.3, -0.25) is 0 Å². The molecule has 0 fully saturated rings. The molecule has 1 N–H and O–H groups in total. The average molecular weight is 314 g/mol. The van der Waals surface area contributed by atoms with E-state index in [9.17, 15) is 8.42 Å². The number of sulfonamides is 1. The Morgan fingerprint density at radius 2 is 1.95 bits per heavy atom. The smallest absolute Gasteiger partial charge is 0.245 e. The van der Waals surface area contributed by atoms with Crippen molar-refractivity contribution < 1.29 is 17.4 Å². The Labute approximate surface area is 123 Å². The molecule has 0 aliphatic heterocycles. The van der Waals surface area contributed by atoms with E-state index in [0.29, 0.717) is 23.9 Å². The van der Waals surface area contributed by atoms with Crippen LogP contribution in [-0.4, -0.2) is 30.3 Å². The lowest BCUT2D eigenvalue weighted by Gasteiger charge is -2.04. The summed E-state index contributed by atoms with van der Waals surface area (Å²) < 4.78 is 37.1. The van der Waals surface area contributed by atoms with Crippen molar-refractivity contribution in [2.24, 2.45) is 0 Å². The normalized spacial score (nSPS) is 12.2. The molecule has 2 heterocycles. The van der Waals surface area contributed by atoms with E-state index >= 15 is 0 Å². The zero-order chi connectivity index (χ0) is 15.6. The molecular formula is C12H18N4O4S. The number of aromatic nitrogens is 3. The summed E-state index contributed by atoms with van der Waals surface area (Å²) in [7, 11) is -3.65. The Hall–Kier alpha value is -1.74. The van der Waals surface area contributed by atoms with Crippen LogP contribution in [0.5, 0.6) is 0 Å². The number of hydrogen-bond donors (Lipinski definition) is 1. The van der Waals surface area contributed by atoms with Crippen LogP contribution >= 0.6 is 0 Å². The van der Waals surface area contributed by atoms with Crippen LogP contribution in [0.2, 0.25) is 0 Å². The summed E-state index contributed by atoms with van der Waals surface area (Å²) in [5, 5.41) is 11.4. The van der Waals surface area contributed by atoms with Gasteiger partial charge in [0.1, 0.15) is 10.6 Å². The molecule has 21 heavy (non-hydrogen) atoms. The molecule has 9 heteroatoms. The molecule has 0 amide bonds. The second-order valence-electron chi connectivity index (χ2n) is 4.99. The van der Waals surface area contributed by atoms with Gasteiger partial charge >= 0.3 is 0 Å². The van der Waals surface area contributed by atoms with Gasteiger partial charge < -0.3 is 8.94 Å². The molecule has 2 aromatic heterocycles. The van der Waals surface area contributed by atoms with Gasteiger partial charge in [0.25, 0.3) is 0 Å². The van der Waals surface area contributed by atoms with E-state index in [0.717, 1.165) is 0 Å². The molecule has 0 atom stereocenters. The monoisotopic (exact) mass is 314 g/mol. The molecule has 0 aliphatic rings. The van der Waals surface area contributed by atoms with E-state index in [1.165, 1.54) is 0 Å². The fourth-order valence-electron chi connectivity index (χ4n) is 1.82. The van der Waals surface area contributed by atoms with E-state index in [1.54, 1.807) is 13.8 Å². The second-order valence-corrected chi connectivity index (χ2v) is 6.69. The highest BCUT2D eigenvalue weighted by atomic mass is 32.2. The zero-order valence-electron chi connectivity index (χ0n) is 12.4. The van der Waals surface area contributed by atoms with E-state index < -0.39 is 10.0 Å². The molecular weight excluding hydrogens is 296 g/mol. The predicted octanol–water partition coefficient (Wildman–Crippen LogP) is 1.32. The molecule has 8 nitrogen and oxygen atoms in total. The molecule has 0 unspecified atom stereocenters. The minimum Gasteiger partial charge on any atom is -0.425 e. The van der Waals surface area contributed by atoms with Gasteiger partial charge in [-0.15, -0.1) is 10.2 Å². The van der Waals surface area contributed by atoms with Crippen molar-refractivity contribution in [3.05, 3.63) is 23.2 Å². The van der Waals surface area contributed by atoms with Crippen molar-refractivity contribution in [1.29, 1.82) is 0 Å². The Morgan fingerprint density at radius 1 is 1.24 bits per heavy atom. The van der Waals surface area contributed by atoms with Gasteiger partial charge in [-0.1, -0.05) is 19.0 Å². The molecule has 0 aliphatic carbocycles. The number of rotatable bonds is 6. The summed E-state index contributed by atoms with van der Waals surface area (Å²) in [6.45, 7) is 7.18. The number of nitrogens with zero attached hydrogens (tertiary/aromatic N) is 3. The molecule has 116 valence electrons. The molecule has 0 aromatic carbocycles. The first-order valence-electron chi connectivity index (χ1n) is 6.56. The lowest BCUT2D eigenvalue weighted by molar-refractivity contribution is 0.390. The summed E-state index contributed by atoms with van der Waals surface area (Å²) in [5.74, 6) is 1.35. The largest absolute Gasteiger partial charge is 0.425 e. The summed E-state index contributed by atoms with van der Waals surface area (Å²) >= 11 is 0. The molecule has 0 saturated heterocycles. The Bertz CT molecular complexity index is 698. The second kappa shape index (κ2) is 5.94. The molecule has 2 rings (SSSR count). The van der Waals surface area contributed by atoms with Gasteiger partial charge in [0.15, 0.2) is 5.76 Å². The number of nitrogens with one attached hydrogen (secondary N) is 1. The van der Waals surface area contributed by atoms with Gasteiger partial charge in [-0.25, -0.2) is 13.1 Å². The molecule has 0 spiro atoms. The van der Waals surface area contributed by atoms with E-state index in [2.05, 4.69) is 20.1 Å². The maximum absolute atomic E-state index is 12.2. The quantitative estimate of drug-likeness (QED) is 0.855. The third-order valence-corrected chi connectivity index (χ3v) is 4.55. The predicted molar refractivity (Wildman–Crippen MR) is 73.3 cm³/mol. The van der Waals surface area contributed by atoms with Crippen molar-refractivity contribution in [2.45, 2.75) is 44.9 Å². The minimum atomic E-state index is -3.65. The minimum absolute atomic E-state index is 0.0795. The van der Waals surface area contributed by atoms with Gasteiger partial charge in [0.05, 0.1) is 0 Å². The first kappa shape index (κ1) is 15.6. The van der Waals surface area contributed by atoms with Crippen LogP contribution in [-0.2, 0) is 16.4 Å². The highest BCUT2D eigenvalue weighted by Crippen LogP contribution is 2.18. The lowest BCUT2D eigenvalue weighted by atomic mass is 10.2. The molecule has 0 saturated carbocycles. The highest BCUT2D eigenvalue weighted by Gasteiger charge is 2.23. The number of hydrogen-bond acceptors (Lipinski definition) is 7. The summed E-state index contributed by atoms with van der Waals surface area (Å²) in [5.41, 5.74) is 0.333. The standard InChI is InChI=1S/C12H18N4O4S/c1-7(2)12-15-14-10(19-12)5-6-13-21(17,18)11-8(3)16-20-9(11)4/h7,13H,5-6H2,1-4H3. The Kier molecular flexibility index (Phi) is 4.43. The Balaban J connectivity index is 1.99. The van der Waals surface area contributed by atoms with Gasteiger partial charge in [0, 0.05) is 18.9 Å². The third kappa shape index (κ3) is 3.48. The van der Waals surface area contributed by atoms with Crippen molar-refractivity contribution >= 4 is 10.0 Å². The molecule has 0 radical (unpaired) electrons. The third-order valence-electron chi connectivity index (χ3n) is 2.84. The molecule has 2 aromatic rings. The lowest BCUT2D eigenvalue weighted by Crippen LogP contribution is -2.26. The van der Waals surface area contributed by atoms with Crippen LogP contribution in [0.25, 0.3) is 0 Å². The SMILES string of the molecule is Cc1noc(C)c1S(=O)(=O)NCCc1nnc(C(C)C)o1. The van der Waals surface area contributed by atoms with Crippen LogP contribution in [0.4, 0.5) is 0 Å². The Morgan fingerprint density at radius 3 is 2.48 bits per heavy atom. The highest BCUT2D eigenvalue weighted by molar-refractivity contribution is 7.89. The summed E-state index contributed by atoms with van der Waals surface area (Å²) in [6.07, 6.45) is 0.322. The van der Waals surface area contributed by atoms with Crippen LogP contribution in [0.3, 0.4) is 0 Å². The van der Waals surface area contributed by atoms with E-state index in [-0.39, 0.29) is 23.1 Å². The van der Waals surface area contributed by atoms with Crippen LogP contribution in [0.1, 0.15) is 43.0 Å². The van der Waals surface area contributed by atoms with Gasteiger partial charge in [-0.2, -0.15) is 0 Å². The van der Waals surface area contributed by atoms with Crippen molar-refractivity contribution in [3.63, 3.8) is 0 Å². The maximum atomic E-state index is 12.2. The van der Waals surface area contributed by atoms with Crippen molar-refractivity contribution in [3.8, 4) is 0 Å². The van der Waals surface area contributed by atoms with Crippen molar-refractivity contribution in [2.75, 3.05) is 6.54 Å². The zero-order valence-corrected chi connectivity index (χ0v) is 13.2. The first-order valence-corrected chi connectivity index (χ1v) is 8.04. The summed E-state index contributed by atoms with van der Waals surface area (Å²) in [4.78, 5) is 0.0795. The topological polar surface area (TPSA) is 111 Å². The van der Waals surface area contributed by atoms with Crippen molar-refractivity contribution in [1.82, 2.24) is 20.1 Å². The van der Waals surface area contributed by atoms with Crippen LogP contribution < -0.4 is 4.72 Å². The summed E-state index contributed by atoms with van der Waals surface area (Å²) in [6, 6.07) is 0. The average Bonchev–Trinajstić information content (AvgIpc) is 2.96. The fraction of sp³-hybridized carbons (Fsp3) is 0.583. The number of aryl methyl sites for hydroxylation is 2. The van der Waals surface area contributed by atoms with Crippen LogP contribution in [0.15, 0.2) is 13.8 Å². The van der Waals surface area contributed by atoms with Gasteiger partial charge in [0.2, 0.25) is 21.8 Å². The van der Waals surface area contributed by atoms with Crippen LogP contribution in [0, 0.1) is 13.8 Å². The molecule has 0 bridgehead atoms. The van der Waals surface area contributed by atoms with E-state index in [4.69, 9.17) is 8.94 Å². The first-order chi connectivity index (χ1) is 9.81. The van der Waals surface area contributed by atoms with Gasteiger partial charge in [-0.05, 0) is 13.8 Å². The fourth-order valence-corrected chi connectivity index (χ4v) is 3.18. The van der Waals surface area contributed by atoms with E-state index in [1.807, 2.05) is 13.8 Å². The maximum Gasteiger partial charge on any atom is 0.245 e.